The summed E-state index contributed by atoms with van der Waals surface area (Å²) in [5, 5.41) is 3.78. The number of hydrogen-bond acceptors (Lipinski definition) is 3. The minimum absolute atomic E-state index is 0.166. The van der Waals surface area contributed by atoms with Crippen molar-refractivity contribution in [3.8, 4) is 5.75 Å². The summed E-state index contributed by atoms with van der Waals surface area (Å²) >= 11 is 14.4. The lowest BCUT2D eigenvalue weighted by Gasteiger charge is -2.30. The number of amides is 2. The second-order valence-corrected chi connectivity index (χ2v) is 9.14. The number of rotatable bonds is 11. The Kier molecular flexibility index (Phi) is 10.9. The first-order valence-electron chi connectivity index (χ1n) is 10.2. The fourth-order valence-corrected chi connectivity index (χ4v) is 3.70. The van der Waals surface area contributed by atoms with E-state index in [1.165, 1.54) is 0 Å². The van der Waals surface area contributed by atoms with Crippen LogP contribution in [0.4, 0.5) is 0 Å². The van der Waals surface area contributed by atoms with Gasteiger partial charge in [-0.25, -0.2) is 0 Å². The van der Waals surface area contributed by atoms with Crippen LogP contribution in [0.1, 0.15) is 38.7 Å². The van der Waals surface area contributed by atoms with Gasteiger partial charge in [0.1, 0.15) is 11.8 Å². The Hall–Kier alpha value is -1.51. The number of halogens is 3. The molecule has 31 heavy (non-hydrogen) atoms. The molecule has 1 N–H and O–H groups in total. The highest BCUT2D eigenvalue weighted by Crippen LogP contribution is 2.24. The van der Waals surface area contributed by atoms with Crippen LogP contribution < -0.4 is 10.1 Å². The first kappa shape index (κ1) is 25.7. The minimum atomic E-state index is -0.612. The van der Waals surface area contributed by atoms with Gasteiger partial charge in [-0.05, 0) is 77.4 Å². The summed E-state index contributed by atoms with van der Waals surface area (Å²) in [4.78, 5) is 27.5. The average molecular weight is 577 g/mol. The van der Waals surface area contributed by atoms with Gasteiger partial charge >= 0.3 is 0 Å². The third kappa shape index (κ3) is 8.16. The van der Waals surface area contributed by atoms with E-state index in [0.717, 1.165) is 22.0 Å². The van der Waals surface area contributed by atoms with Crippen LogP contribution >= 0.6 is 45.8 Å². The van der Waals surface area contributed by atoms with E-state index in [2.05, 4.69) is 34.8 Å². The third-order valence-corrected chi connectivity index (χ3v) is 6.19. The second-order valence-electron chi connectivity index (χ2n) is 7.08. The SMILES string of the molecule is CCCCNC(=O)[C@H](CC)N(Cc1ccc(Cl)c(Cl)c1)C(=O)COc1ccc(I)cc1. The first-order valence-corrected chi connectivity index (χ1v) is 12.1. The van der Waals surface area contributed by atoms with E-state index in [4.69, 9.17) is 27.9 Å². The van der Waals surface area contributed by atoms with Crippen LogP contribution in [0.15, 0.2) is 42.5 Å². The lowest BCUT2D eigenvalue weighted by molar-refractivity contribution is -0.143. The van der Waals surface area contributed by atoms with Gasteiger partial charge in [-0.15, -0.1) is 0 Å². The van der Waals surface area contributed by atoms with Gasteiger partial charge < -0.3 is 15.0 Å². The van der Waals surface area contributed by atoms with E-state index < -0.39 is 6.04 Å². The first-order chi connectivity index (χ1) is 14.8. The Morgan fingerprint density at radius 3 is 2.42 bits per heavy atom. The molecule has 0 fully saturated rings. The highest BCUT2D eigenvalue weighted by Gasteiger charge is 2.29. The molecule has 0 heterocycles. The maximum absolute atomic E-state index is 13.1. The molecule has 0 unspecified atom stereocenters. The van der Waals surface area contributed by atoms with Gasteiger partial charge in [0.2, 0.25) is 5.91 Å². The monoisotopic (exact) mass is 576 g/mol. The van der Waals surface area contributed by atoms with Gasteiger partial charge in [0.15, 0.2) is 6.61 Å². The third-order valence-electron chi connectivity index (χ3n) is 4.73. The highest BCUT2D eigenvalue weighted by atomic mass is 127. The van der Waals surface area contributed by atoms with Crippen LogP contribution in [0.2, 0.25) is 10.0 Å². The molecule has 0 aliphatic rings. The standard InChI is InChI=1S/C23H27Cl2IN2O3/c1-3-5-12-27-23(30)21(4-2)28(14-16-6-11-19(24)20(25)13-16)22(29)15-31-18-9-7-17(26)8-10-18/h6-11,13,21H,3-5,12,14-15H2,1-2H3,(H,27,30)/t21-/m0/s1. The normalized spacial score (nSPS) is 11.6. The Bertz CT molecular complexity index is 878. The van der Waals surface area contributed by atoms with Crippen LogP contribution in [0.25, 0.3) is 0 Å². The number of benzene rings is 2. The summed E-state index contributed by atoms with van der Waals surface area (Å²) in [6.07, 6.45) is 2.35. The van der Waals surface area contributed by atoms with Crippen molar-refractivity contribution in [1.29, 1.82) is 0 Å². The summed E-state index contributed by atoms with van der Waals surface area (Å²) < 4.78 is 6.76. The van der Waals surface area contributed by atoms with Gasteiger partial charge in [-0.1, -0.05) is 49.5 Å². The molecule has 0 bridgehead atoms. The summed E-state index contributed by atoms with van der Waals surface area (Å²) in [6, 6.07) is 12.0. The topological polar surface area (TPSA) is 58.6 Å². The molecule has 8 heteroatoms. The molecular weight excluding hydrogens is 550 g/mol. The largest absolute Gasteiger partial charge is 0.484 e. The van der Waals surface area contributed by atoms with Gasteiger partial charge in [0, 0.05) is 16.7 Å². The van der Waals surface area contributed by atoms with Crippen molar-refractivity contribution in [3.05, 3.63) is 61.6 Å². The van der Waals surface area contributed by atoms with Crippen molar-refractivity contribution in [2.24, 2.45) is 0 Å². The second kappa shape index (κ2) is 13.1. The van der Waals surface area contributed by atoms with Crippen molar-refractivity contribution >= 4 is 57.6 Å². The van der Waals surface area contributed by atoms with Gasteiger partial charge in [-0.2, -0.15) is 0 Å². The number of carbonyl (C=O) groups excluding carboxylic acids is 2. The van der Waals surface area contributed by atoms with Gasteiger partial charge in [-0.3, -0.25) is 9.59 Å². The molecule has 0 spiro atoms. The maximum atomic E-state index is 13.1. The number of unbranched alkanes of at least 4 members (excludes halogenated alkanes) is 1. The molecule has 2 rings (SSSR count). The van der Waals surface area contributed by atoms with Crippen LogP contribution in [0.3, 0.4) is 0 Å². The van der Waals surface area contributed by atoms with Crippen LogP contribution in [-0.4, -0.2) is 35.9 Å². The molecule has 2 aromatic carbocycles. The summed E-state index contributed by atoms with van der Waals surface area (Å²) in [7, 11) is 0. The Morgan fingerprint density at radius 2 is 1.81 bits per heavy atom. The number of hydrogen-bond donors (Lipinski definition) is 1. The molecule has 168 valence electrons. The Balaban J connectivity index is 2.19. The van der Waals surface area contributed by atoms with Gasteiger partial charge in [0.05, 0.1) is 10.0 Å². The average Bonchev–Trinajstić information content (AvgIpc) is 2.75. The van der Waals surface area contributed by atoms with Crippen LogP contribution in [0, 0.1) is 3.57 Å². The quantitative estimate of drug-likeness (QED) is 0.276. The van der Waals surface area contributed by atoms with E-state index in [9.17, 15) is 9.59 Å². The van der Waals surface area contributed by atoms with E-state index in [1.54, 1.807) is 23.1 Å². The number of nitrogens with one attached hydrogen (secondary N) is 1. The minimum Gasteiger partial charge on any atom is -0.484 e. The van der Waals surface area contributed by atoms with E-state index in [-0.39, 0.29) is 25.0 Å². The van der Waals surface area contributed by atoms with Crippen LogP contribution in [0.5, 0.6) is 5.75 Å². The molecule has 2 amide bonds. The molecule has 0 aliphatic carbocycles. The number of carbonyl (C=O) groups is 2. The van der Waals surface area contributed by atoms with Gasteiger partial charge in [0.25, 0.3) is 5.91 Å². The maximum Gasteiger partial charge on any atom is 0.261 e. The van der Waals surface area contributed by atoms with Crippen molar-refractivity contribution in [1.82, 2.24) is 10.2 Å². The molecule has 0 radical (unpaired) electrons. The predicted octanol–water partition coefficient (Wildman–Crippen LogP) is 5.70. The zero-order chi connectivity index (χ0) is 22.8. The zero-order valence-corrected chi connectivity index (χ0v) is 21.3. The van der Waals surface area contributed by atoms with Crippen molar-refractivity contribution in [2.75, 3.05) is 13.2 Å². The summed E-state index contributed by atoms with van der Waals surface area (Å²) in [5.41, 5.74) is 0.789. The van der Waals surface area contributed by atoms with Crippen molar-refractivity contribution in [3.63, 3.8) is 0 Å². The summed E-state index contributed by atoms with van der Waals surface area (Å²) in [5.74, 6) is 0.157. The molecule has 1 atom stereocenters. The number of ether oxygens (including phenoxy) is 1. The molecule has 0 aliphatic heterocycles. The lowest BCUT2D eigenvalue weighted by atomic mass is 10.1. The van der Waals surface area contributed by atoms with Crippen LogP contribution in [-0.2, 0) is 16.1 Å². The molecule has 0 saturated heterocycles. The smallest absolute Gasteiger partial charge is 0.261 e. The summed E-state index contributed by atoms with van der Waals surface area (Å²) in [6.45, 7) is 4.59. The fourth-order valence-electron chi connectivity index (χ4n) is 3.02. The zero-order valence-electron chi connectivity index (χ0n) is 17.7. The van der Waals surface area contributed by atoms with E-state index in [1.807, 2.05) is 31.2 Å². The molecule has 2 aromatic rings. The fraction of sp³-hybridized carbons (Fsp3) is 0.391. The lowest BCUT2D eigenvalue weighted by Crippen LogP contribution is -2.50. The van der Waals surface area contributed by atoms with E-state index in [0.29, 0.717) is 28.8 Å². The molecular formula is C23H27Cl2IN2O3. The predicted molar refractivity (Wildman–Crippen MR) is 134 cm³/mol. The highest BCUT2D eigenvalue weighted by molar-refractivity contribution is 14.1. The molecule has 0 aromatic heterocycles. The van der Waals surface area contributed by atoms with E-state index >= 15 is 0 Å². The number of nitrogens with zero attached hydrogens (tertiary/aromatic N) is 1. The molecule has 0 saturated carbocycles. The Morgan fingerprint density at radius 1 is 1.10 bits per heavy atom. The van der Waals surface area contributed by atoms with Crippen molar-refractivity contribution < 1.29 is 14.3 Å². The van der Waals surface area contributed by atoms with Crippen molar-refractivity contribution in [2.45, 2.75) is 45.7 Å². The molecule has 5 nitrogen and oxygen atoms in total. The Labute approximate surface area is 207 Å².